The van der Waals surface area contributed by atoms with Gasteiger partial charge in [-0.15, -0.1) is 17.0 Å². The minimum atomic E-state index is 0. The third-order valence-electron chi connectivity index (χ3n) is 2.31. The normalized spacial score (nSPS) is 15.5. The van der Waals surface area contributed by atoms with Crippen molar-refractivity contribution in [1.29, 1.82) is 0 Å². The van der Waals surface area contributed by atoms with Gasteiger partial charge < -0.3 is 5.32 Å². The van der Waals surface area contributed by atoms with Gasteiger partial charge in [-0.2, -0.15) is 0 Å². The Kier molecular flexibility index (Phi) is 4.42. The Labute approximate surface area is 97.8 Å². The topological polar surface area (TPSA) is 12.0 Å². The Bertz CT molecular complexity index is 286. The maximum Gasteiger partial charge on any atom is 0.0210 e. The fraction of sp³-hybridized carbons (Fsp3) is 0.400. The predicted octanol–water partition coefficient (Wildman–Crippen LogP) is 3.06. The molecular weight excluding hydrogens is 294 g/mol. The van der Waals surface area contributed by atoms with Gasteiger partial charge in [0.2, 0.25) is 0 Å². The number of benzene rings is 1. The molecule has 0 aliphatic carbocycles. The summed E-state index contributed by atoms with van der Waals surface area (Å²) < 4.78 is 1.27. The molecule has 1 aliphatic rings. The molecule has 2 rings (SSSR count). The Hall–Kier alpha value is 0.140. The molecule has 0 amide bonds. The minimum absolute atomic E-state index is 0. The zero-order valence-corrected chi connectivity index (χ0v) is 10.6. The zero-order chi connectivity index (χ0) is 8.39. The molecule has 3 heteroatoms. The molecular formula is C10H13Br2N. The highest BCUT2D eigenvalue weighted by Crippen LogP contribution is 2.23. The maximum absolute atomic E-state index is 3.59. The van der Waals surface area contributed by atoms with Crippen LogP contribution in [0.3, 0.4) is 0 Å². The van der Waals surface area contributed by atoms with E-state index in [1.807, 2.05) is 0 Å². The van der Waals surface area contributed by atoms with Crippen LogP contribution in [0.5, 0.6) is 0 Å². The second-order valence-corrected chi connectivity index (χ2v) is 4.01. The first kappa shape index (κ1) is 11.2. The van der Waals surface area contributed by atoms with Crippen molar-refractivity contribution in [2.45, 2.75) is 19.4 Å². The highest BCUT2D eigenvalue weighted by atomic mass is 79.9. The Morgan fingerprint density at radius 2 is 2.15 bits per heavy atom. The quantitative estimate of drug-likeness (QED) is 0.777. The molecule has 1 aromatic rings. The van der Waals surface area contributed by atoms with Crippen molar-refractivity contribution in [2.75, 3.05) is 6.54 Å². The monoisotopic (exact) mass is 305 g/mol. The third-order valence-corrected chi connectivity index (χ3v) is 3.05. The second kappa shape index (κ2) is 5.13. The molecule has 1 nitrogen and oxygen atoms in total. The summed E-state index contributed by atoms with van der Waals surface area (Å²) >= 11 is 3.59. The van der Waals surface area contributed by atoms with E-state index in [0.717, 1.165) is 13.1 Å². The lowest BCUT2D eigenvalue weighted by Crippen LogP contribution is -2.11. The van der Waals surface area contributed by atoms with Gasteiger partial charge in [-0.1, -0.05) is 28.1 Å². The molecule has 1 N–H and O–H groups in total. The maximum atomic E-state index is 3.59. The molecule has 0 spiro atoms. The van der Waals surface area contributed by atoms with Gasteiger partial charge in [0.05, 0.1) is 0 Å². The predicted molar refractivity (Wildman–Crippen MR) is 64.5 cm³/mol. The molecule has 72 valence electrons. The minimum Gasteiger partial charge on any atom is -0.313 e. The van der Waals surface area contributed by atoms with Gasteiger partial charge in [0.25, 0.3) is 0 Å². The van der Waals surface area contributed by atoms with E-state index >= 15 is 0 Å². The molecule has 0 atom stereocenters. The summed E-state index contributed by atoms with van der Waals surface area (Å²) in [5, 5.41) is 3.41. The fourth-order valence-electron chi connectivity index (χ4n) is 1.66. The Morgan fingerprint density at radius 3 is 3.00 bits per heavy atom. The molecule has 0 aromatic heterocycles. The van der Waals surface area contributed by atoms with Gasteiger partial charge >= 0.3 is 0 Å². The third kappa shape index (κ3) is 2.55. The van der Waals surface area contributed by atoms with E-state index in [4.69, 9.17) is 0 Å². The van der Waals surface area contributed by atoms with Gasteiger partial charge in [-0.05, 0) is 36.6 Å². The average Bonchev–Trinajstić information content (AvgIpc) is 2.30. The van der Waals surface area contributed by atoms with E-state index in [0.29, 0.717) is 0 Å². The molecule has 0 bridgehead atoms. The van der Waals surface area contributed by atoms with Gasteiger partial charge in [0.1, 0.15) is 0 Å². The lowest BCUT2D eigenvalue weighted by molar-refractivity contribution is 0.680. The Balaban J connectivity index is 0.000000845. The summed E-state index contributed by atoms with van der Waals surface area (Å²) in [5.41, 5.74) is 2.93. The summed E-state index contributed by atoms with van der Waals surface area (Å²) in [6, 6.07) is 6.44. The average molecular weight is 307 g/mol. The van der Waals surface area contributed by atoms with Crippen LogP contribution < -0.4 is 5.32 Å². The number of hydrogen-bond acceptors (Lipinski definition) is 1. The first-order valence-electron chi connectivity index (χ1n) is 4.35. The SMILES string of the molecule is Br.Brc1cccc2c1CCCNC2. The molecule has 0 radical (unpaired) electrons. The van der Waals surface area contributed by atoms with Gasteiger partial charge in [0.15, 0.2) is 0 Å². The number of halogens is 2. The molecule has 0 saturated carbocycles. The molecule has 1 aliphatic heterocycles. The number of hydrogen-bond donors (Lipinski definition) is 1. The number of rotatable bonds is 0. The van der Waals surface area contributed by atoms with Crippen molar-refractivity contribution < 1.29 is 0 Å². The van der Waals surface area contributed by atoms with Gasteiger partial charge in [-0.3, -0.25) is 0 Å². The van der Waals surface area contributed by atoms with Crippen molar-refractivity contribution in [1.82, 2.24) is 5.32 Å². The van der Waals surface area contributed by atoms with Crippen molar-refractivity contribution >= 4 is 32.9 Å². The van der Waals surface area contributed by atoms with E-state index in [9.17, 15) is 0 Å². The van der Waals surface area contributed by atoms with Crippen LogP contribution in [0.1, 0.15) is 17.5 Å². The van der Waals surface area contributed by atoms with E-state index in [1.54, 1.807) is 0 Å². The van der Waals surface area contributed by atoms with Crippen LogP contribution in [-0.4, -0.2) is 6.54 Å². The smallest absolute Gasteiger partial charge is 0.0210 e. The Morgan fingerprint density at radius 1 is 1.31 bits per heavy atom. The van der Waals surface area contributed by atoms with Crippen molar-refractivity contribution in [2.24, 2.45) is 0 Å². The zero-order valence-electron chi connectivity index (χ0n) is 7.35. The first-order valence-corrected chi connectivity index (χ1v) is 5.14. The fourth-order valence-corrected chi connectivity index (χ4v) is 2.27. The van der Waals surface area contributed by atoms with Crippen molar-refractivity contribution in [3.63, 3.8) is 0 Å². The van der Waals surface area contributed by atoms with Crippen LogP contribution in [0.25, 0.3) is 0 Å². The summed E-state index contributed by atoms with van der Waals surface area (Å²) in [7, 11) is 0. The van der Waals surface area contributed by atoms with Gasteiger partial charge in [0, 0.05) is 11.0 Å². The van der Waals surface area contributed by atoms with Crippen LogP contribution in [0.15, 0.2) is 22.7 Å². The van der Waals surface area contributed by atoms with Crippen molar-refractivity contribution in [3.05, 3.63) is 33.8 Å². The highest BCUT2D eigenvalue weighted by Gasteiger charge is 2.08. The summed E-state index contributed by atoms with van der Waals surface area (Å²) in [6.45, 7) is 2.16. The number of nitrogens with one attached hydrogen (secondary N) is 1. The largest absolute Gasteiger partial charge is 0.313 e. The summed E-state index contributed by atoms with van der Waals surface area (Å²) in [4.78, 5) is 0. The van der Waals surface area contributed by atoms with Crippen LogP contribution in [0, 0.1) is 0 Å². The molecule has 13 heavy (non-hydrogen) atoms. The second-order valence-electron chi connectivity index (χ2n) is 3.16. The molecule has 0 saturated heterocycles. The van der Waals surface area contributed by atoms with E-state index in [1.165, 1.54) is 28.4 Å². The lowest BCUT2D eigenvalue weighted by atomic mass is 10.0. The lowest BCUT2D eigenvalue weighted by Gasteiger charge is -2.06. The van der Waals surface area contributed by atoms with E-state index in [-0.39, 0.29) is 17.0 Å². The molecule has 0 fully saturated rings. The molecule has 0 unspecified atom stereocenters. The molecule has 1 aromatic carbocycles. The number of fused-ring (bicyclic) bond motifs is 1. The molecule has 1 heterocycles. The summed E-state index contributed by atoms with van der Waals surface area (Å²) in [6.07, 6.45) is 2.44. The first-order chi connectivity index (χ1) is 5.88. The van der Waals surface area contributed by atoms with Crippen molar-refractivity contribution in [3.8, 4) is 0 Å². The van der Waals surface area contributed by atoms with Crippen LogP contribution >= 0.6 is 32.9 Å². The van der Waals surface area contributed by atoms with Crippen LogP contribution in [-0.2, 0) is 13.0 Å². The van der Waals surface area contributed by atoms with Gasteiger partial charge in [-0.25, -0.2) is 0 Å². The van der Waals surface area contributed by atoms with Crippen LogP contribution in [0.2, 0.25) is 0 Å². The highest BCUT2D eigenvalue weighted by molar-refractivity contribution is 9.10. The summed E-state index contributed by atoms with van der Waals surface area (Å²) in [5.74, 6) is 0. The van der Waals surface area contributed by atoms with E-state index < -0.39 is 0 Å². The van der Waals surface area contributed by atoms with E-state index in [2.05, 4.69) is 39.4 Å². The standard InChI is InChI=1S/C10H12BrN.BrH/c11-10-5-1-3-8-7-12-6-2-4-9(8)10;/h1,3,5,12H,2,4,6-7H2;1H. The van der Waals surface area contributed by atoms with Crippen LogP contribution in [0.4, 0.5) is 0 Å².